The third-order valence-electron chi connectivity index (χ3n) is 3.41. The fourth-order valence-corrected chi connectivity index (χ4v) is 2.26. The van der Waals surface area contributed by atoms with Gasteiger partial charge in [-0.05, 0) is 30.5 Å². The number of ether oxygens (including phenoxy) is 1. The summed E-state index contributed by atoms with van der Waals surface area (Å²) in [6, 6.07) is 7.09. The van der Waals surface area contributed by atoms with Gasteiger partial charge in [0.25, 0.3) is 0 Å². The summed E-state index contributed by atoms with van der Waals surface area (Å²) in [5.74, 6) is 0.272. The summed E-state index contributed by atoms with van der Waals surface area (Å²) in [7, 11) is 1.43. The third kappa shape index (κ3) is 3.21. The largest absolute Gasteiger partial charge is 0.490 e. The van der Waals surface area contributed by atoms with E-state index in [9.17, 15) is 10.1 Å². The molecule has 112 valence electrons. The van der Waals surface area contributed by atoms with Crippen LogP contribution in [0.2, 0.25) is 0 Å². The van der Waals surface area contributed by atoms with Crippen LogP contribution in [0.15, 0.2) is 24.3 Å². The van der Waals surface area contributed by atoms with Gasteiger partial charge in [0.15, 0.2) is 5.75 Å². The van der Waals surface area contributed by atoms with Crippen molar-refractivity contribution in [1.82, 2.24) is 9.78 Å². The minimum atomic E-state index is -0.427. The van der Waals surface area contributed by atoms with Crippen LogP contribution in [0.3, 0.4) is 0 Å². The van der Waals surface area contributed by atoms with E-state index in [1.807, 2.05) is 10.7 Å². The van der Waals surface area contributed by atoms with E-state index in [1.165, 1.54) is 7.11 Å². The summed E-state index contributed by atoms with van der Waals surface area (Å²) in [6.45, 7) is 4.65. The predicted molar refractivity (Wildman–Crippen MR) is 79.7 cm³/mol. The number of nitro groups is 1. The molecule has 6 heteroatoms. The zero-order valence-corrected chi connectivity index (χ0v) is 12.5. The summed E-state index contributed by atoms with van der Waals surface area (Å²) >= 11 is 0. The summed E-state index contributed by atoms with van der Waals surface area (Å²) in [6.07, 6.45) is 1.76. The number of rotatable bonds is 6. The van der Waals surface area contributed by atoms with Gasteiger partial charge in [-0.1, -0.05) is 19.9 Å². The number of hydrogen-bond donors (Lipinski definition) is 0. The van der Waals surface area contributed by atoms with Crippen molar-refractivity contribution in [2.75, 3.05) is 7.11 Å². The van der Waals surface area contributed by atoms with Crippen LogP contribution in [-0.4, -0.2) is 21.8 Å². The number of hydrogen-bond acceptors (Lipinski definition) is 4. The van der Waals surface area contributed by atoms with Crippen LogP contribution < -0.4 is 4.74 Å². The van der Waals surface area contributed by atoms with Gasteiger partial charge in [0.2, 0.25) is 0 Å². The molecule has 0 radical (unpaired) electrons. The molecule has 6 nitrogen and oxygen atoms in total. The van der Waals surface area contributed by atoms with E-state index in [-0.39, 0.29) is 11.4 Å². The number of benzene rings is 1. The van der Waals surface area contributed by atoms with Crippen LogP contribution >= 0.6 is 0 Å². The van der Waals surface area contributed by atoms with Crippen molar-refractivity contribution in [1.29, 1.82) is 0 Å². The lowest BCUT2D eigenvalue weighted by atomic mass is 10.2. The minimum Gasteiger partial charge on any atom is -0.490 e. The molecule has 1 aromatic carbocycles. The molecular formula is C15H19N3O3. The first-order chi connectivity index (χ1) is 10.1. The second-order valence-electron chi connectivity index (χ2n) is 4.76. The molecule has 0 fully saturated rings. The first-order valence-corrected chi connectivity index (χ1v) is 6.95. The van der Waals surface area contributed by atoms with Crippen LogP contribution in [0.25, 0.3) is 0 Å². The number of methoxy groups -OCH3 is 1. The zero-order valence-electron chi connectivity index (χ0n) is 12.5. The Kier molecular flexibility index (Phi) is 4.57. The van der Waals surface area contributed by atoms with Crippen molar-refractivity contribution < 1.29 is 9.66 Å². The number of nitrogens with zero attached hydrogens (tertiary/aromatic N) is 3. The molecule has 0 atom stereocenters. The van der Waals surface area contributed by atoms with Gasteiger partial charge in [-0.25, -0.2) is 0 Å². The zero-order chi connectivity index (χ0) is 15.4. The highest BCUT2D eigenvalue weighted by Gasteiger charge is 2.16. The summed E-state index contributed by atoms with van der Waals surface area (Å²) in [5, 5.41) is 15.6. The van der Waals surface area contributed by atoms with E-state index >= 15 is 0 Å². The molecule has 0 saturated heterocycles. The van der Waals surface area contributed by atoms with Crippen LogP contribution in [0.1, 0.15) is 30.8 Å². The molecule has 2 rings (SSSR count). The highest BCUT2D eigenvalue weighted by Crippen LogP contribution is 2.28. The van der Waals surface area contributed by atoms with E-state index in [2.05, 4.69) is 25.0 Å². The van der Waals surface area contributed by atoms with E-state index in [4.69, 9.17) is 4.74 Å². The number of nitro benzene ring substituents is 1. The Morgan fingerprint density at radius 2 is 2.05 bits per heavy atom. The monoisotopic (exact) mass is 289 g/mol. The molecule has 1 aromatic heterocycles. The highest BCUT2D eigenvalue weighted by atomic mass is 16.6. The van der Waals surface area contributed by atoms with Gasteiger partial charge in [-0.3, -0.25) is 14.8 Å². The molecule has 0 bridgehead atoms. The molecule has 0 saturated carbocycles. The summed E-state index contributed by atoms with van der Waals surface area (Å²) < 4.78 is 6.92. The van der Waals surface area contributed by atoms with E-state index < -0.39 is 4.92 Å². The van der Waals surface area contributed by atoms with Crippen molar-refractivity contribution in [2.24, 2.45) is 0 Å². The van der Waals surface area contributed by atoms with Crippen LogP contribution in [0.4, 0.5) is 5.69 Å². The molecule has 0 aliphatic rings. The van der Waals surface area contributed by atoms with Gasteiger partial charge in [0, 0.05) is 11.8 Å². The maximum Gasteiger partial charge on any atom is 0.311 e. The average molecular weight is 289 g/mol. The fraction of sp³-hybridized carbons (Fsp3) is 0.400. The van der Waals surface area contributed by atoms with E-state index in [1.54, 1.807) is 12.1 Å². The Balaban J connectivity index is 2.33. The maximum absolute atomic E-state index is 11.1. The molecule has 21 heavy (non-hydrogen) atoms. The second kappa shape index (κ2) is 6.39. The van der Waals surface area contributed by atoms with Gasteiger partial charge in [0.05, 0.1) is 24.3 Å². The van der Waals surface area contributed by atoms with Gasteiger partial charge >= 0.3 is 5.69 Å². The molecule has 1 heterocycles. The van der Waals surface area contributed by atoms with Gasteiger partial charge in [-0.2, -0.15) is 5.10 Å². The highest BCUT2D eigenvalue weighted by molar-refractivity contribution is 5.48. The van der Waals surface area contributed by atoms with Crippen molar-refractivity contribution >= 4 is 5.69 Å². The van der Waals surface area contributed by atoms with Crippen molar-refractivity contribution in [3.8, 4) is 5.75 Å². The summed E-state index contributed by atoms with van der Waals surface area (Å²) in [5.41, 5.74) is 2.99. The standard InChI is InChI=1S/C15H19N3O3/c1-4-12-9-13(5-2)17(16-12)10-11-6-7-15(21-3)14(8-11)18(19)20/h6-9H,4-5,10H2,1-3H3. The first kappa shape index (κ1) is 15.0. The molecule has 0 aliphatic heterocycles. The SMILES string of the molecule is CCc1cc(CC)n(Cc2ccc(OC)c([N+](=O)[O-])c2)n1. The number of aryl methyl sites for hydroxylation is 2. The Bertz CT molecular complexity index is 650. The van der Waals surface area contributed by atoms with Crippen LogP contribution in [0.5, 0.6) is 5.75 Å². The molecule has 0 N–H and O–H groups in total. The Morgan fingerprint density at radius 1 is 1.29 bits per heavy atom. The van der Waals surface area contributed by atoms with E-state index in [0.29, 0.717) is 6.54 Å². The Morgan fingerprint density at radius 3 is 2.62 bits per heavy atom. The Labute approximate surface area is 123 Å². The predicted octanol–water partition coefficient (Wildman–Crippen LogP) is 2.97. The molecule has 0 aliphatic carbocycles. The second-order valence-corrected chi connectivity index (χ2v) is 4.76. The lowest BCUT2D eigenvalue weighted by molar-refractivity contribution is -0.385. The minimum absolute atomic E-state index is 0.0177. The topological polar surface area (TPSA) is 70.2 Å². The first-order valence-electron chi connectivity index (χ1n) is 6.95. The normalized spacial score (nSPS) is 10.6. The lowest BCUT2D eigenvalue weighted by Gasteiger charge is -2.08. The average Bonchev–Trinajstić information content (AvgIpc) is 2.89. The van der Waals surface area contributed by atoms with Gasteiger partial charge in [0.1, 0.15) is 0 Å². The van der Waals surface area contributed by atoms with Gasteiger partial charge < -0.3 is 4.74 Å². The van der Waals surface area contributed by atoms with Gasteiger partial charge in [-0.15, -0.1) is 0 Å². The van der Waals surface area contributed by atoms with Crippen molar-refractivity contribution in [3.05, 3.63) is 51.3 Å². The van der Waals surface area contributed by atoms with E-state index in [0.717, 1.165) is 29.8 Å². The number of aromatic nitrogens is 2. The molecule has 2 aromatic rings. The lowest BCUT2D eigenvalue weighted by Crippen LogP contribution is -2.06. The third-order valence-corrected chi connectivity index (χ3v) is 3.41. The smallest absolute Gasteiger partial charge is 0.311 e. The van der Waals surface area contributed by atoms with Crippen molar-refractivity contribution in [3.63, 3.8) is 0 Å². The molecule has 0 spiro atoms. The molecule has 0 unspecified atom stereocenters. The molecule has 0 amide bonds. The Hall–Kier alpha value is -2.37. The summed E-state index contributed by atoms with van der Waals surface area (Å²) in [4.78, 5) is 10.6. The van der Waals surface area contributed by atoms with Crippen LogP contribution in [-0.2, 0) is 19.4 Å². The molecular weight excluding hydrogens is 270 g/mol. The quantitative estimate of drug-likeness (QED) is 0.605. The van der Waals surface area contributed by atoms with Crippen molar-refractivity contribution in [2.45, 2.75) is 33.2 Å². The fourth-order valence-electron chi connectivity index (χ4n) is 2.26. The van der Waals surface area contributed by atoms with Crippen LogP contribution in [0, 0.1) is 10.1 Å². The maximum atomic E-state index is 11.1.